The van der Waals surface area contributed by atoms with Gasteiger partial charge in [-0.3, -0.25) is 0 Å². The standard InChI is InChI=1S/C20H34O2/c1-3-4-5-6-7-8-9-13-16-20(21-2)22-18-17-19-14-11-10-12-15-19/h10-12,14-15,20H,3-9,13,16-18H2,1-2H3/t20-/m0/s1. The van der Waals surface area contributed by atoms with Crippen molar-refractivity contribution in [1.29, 1.82) is 0 Å². The molecule has 0 aliphatic heterocycles. The van der Waals surface area contributed by atoms with E-state index in [2.05, 4.69) is 31.2 Å². The van der Waals surface area contributed by atoms with E-state index < -0.39 is 0 Å². The average Bonchev–Trinajstić information content (AvgIpc) is 2.56. The van der Waals surface area contributed by atoms with Gasteiger partial charge in [-0.05, 0) is 24.8 Å². The summed E-state index contributed by atoms with van der Waals surface area (Å²) in [4.78, 5) is 0. The van der Waals surface area contributed by atoms with E-state index in [-0.39, 0.29) is 6.29 Å². The summed E-state index contributed by atoms with van der Waals surface area (Å²) in [7, 11) is 1.75. The van der Waals surface area contributed by atoms with Crippen LogP contribution in [0.15, 0.2) is 30.3 Å². The first-order valence-electron chi connectivity index (χ1n) is 9.05. The lowest BCUT2D eigenvalue weighted by Gasteiger charge is -2.16. The van der Waals surface area contributed by atoms with E-state index in [0.717, 1.165) is 19.4 Å². The lowest BCUT2D eigenvalue weighted by molar-refractivity contribution is -0.127. The van der Waals surface area contributed by atoms with Crippen molar-refractivity contribution >= 4 is 0 Å². The van der Waals surface area contributed by atoms with Crippen molar-refractivity contribution in [2.45, 2.75) is 77.4 Å². The third-order valence-electron chi connectivity index (χ3n) is 4.09. The normalized spacial score (nSPS) is 12.5. The van der Waals surface area contributed by atoms with Gasteiger partial charge < -0.3 is 9.47 Å². The van der Waals surface area contributed by atoms with Crippen molar-refractivity contribution in [2.75, 3.05) is 13.7 Å². The molecule has 0 saturated carbocycles. The molecule has 1 atom stereocenters. The van der Waals surface area contributed by atoms with Crippen LogP contribution in [0, 0.1) is 0 Å². The first kappa shape index (κ1) is 19.2. The molecule has 1 aromatic carbocycles. The molecule has 0 spiro atoms. The van der Waals surface area contributed by atoms with Gasteiger partial charge in [0.15, 0.2) is 6.29 Å². The van der Waals surface area contributed by atoms with Gasteiger partial charge in [0.2, 0.25) is 0 Å². The zero-order valence-electron chi connectivity index (χ0n) is 14.6. The number of hydrogen-bond donors (Lipinski definition) is 0. The Morgan fingerprint density at radius 1 is 0.864 bits per heavy atom. The van der Waals surface area contributed by atoms with Crippen molar-refractivity contribution in [3.8, 4) is 0 Å². The van der Waals surface area contributed by atoms with E-state index in [9.17, 15) is 0 Å². The van der Waals surface area contributed by atoms with Gasteiger partial charge in [-0.15, -0.1) is 0 Å². The first-order valence-corrected chi connectivity index (χ1v) is 9.05. The summed E-state index contributed by atoms with van der Waals surface area (Å²) in [5.74, 6) is 0. The van der Waals surface area contributed by atoms with Crippen molar-refractivity contribution in [1.82, 2.24) is 0 Å². The Morgan fingerprint density at radius 2 is 1.50 bits per heavy atom. The number of unbranched alkanes of at least 4 members (excludes halogenated alkanes) is 7. The van der Waals surface area contributed by atoms with Crippen LogP contribution in [0.4, 0.5) is 0 Å². The van der Waals surface area contributed by atoms with Gasteiger partial charge in [0, 0.05) is 7.11 Å². The van der Waals surface area contributed by atoms with Crippen LogP contribution >= 0.6 is 0 Å². The van der Waals surface area contributed by atoms with Crippen LogP contribution in [-0.2, 0) is 15.9 Å². The number of ether oxygens (including phenoxy) is 2. The molecule has 22 heavy (non-hydrogen) atoms. The Hall–Kier alpha value is -0.860. The molecule has 0 aliphatic carbocycles. The van der Waals surface area contributed by atoms with Crippen LogP contribution in [0.5, 0.6) is 0 Å². The summed E-state index contributed by atoms with van der Waals surface area (Å²) in [5.41, 5.74) is 1.32. The summed E-state index contributed by atoms with van der Waals surface area (Å²) in [6, 6.07) is 10.5. The molecular weight excluding hydrogens is 272 g/mol. The molecule has 0 heterocycles. The topological polar surface area (TPSA) is 18.5 Å². The van der Waals surface area contributed by atoms with Crippen LogP contribution in [0.3, 0.4) is 0 Å². The van der Waals surface area contributed by atoms with Gasteiger partial charge in [-0.2, -0.15) is 0 Å². The summed E-state index contributed by atoms with van der Waals surface area (Å²) < 4.78 is 11.3. The molecule has 0 aromatic heterocycles. The Bertz CT molecular complexity index is 337. The Kier molecular flexibility index (Phi) is 12.0. The number of hydrogen-bond acceptors (Lipinski definition) is 2. The predicted molar refractivity (Wildman–Crippen MR) is 94.1 cm³/mol. The number of rotatable bonds is 14. The van der Waals surface area contributed by atoms with Crippen LogP contribution in [0.25, 0.3) is 0 Å². The van der Waals surface area contributed by atoms with Crippen molar-refractivity contribution in [3.63, 3.8) is 0 Å². The highest BCUT2D eigenvalue weighted by molar-refractivity contribution is 5.14. The Labute approximate surface area is 137 Å². The van der Waals surface area contributed by atoms with E-state index >= 15 is 0 Å². The molecule has 126 valence electrons. The second kappa shape index (κ2) is 13.8. The number of methoxy groups -OCH3 is 1. The third-order valence-corrected chi connectivity index (χ3v) is 4.09. The molecule has 2 heteroatoms. The Morgan fingerprint density at radius 3 is 2.14 bits per heavy atom. The molecule has 1 rings (SSSR count). The lowest BCUT2D eigenvalue weighted by atomic mass is 10.1. The molecule has 0 amide bonds. The molecule has 0 aliphatic rings. The quantitative estimate of drug-likeness (QED) is 0.322. The lowest BCUT2D eigenvalue weighted by Crippen LogP contribution is -2.17. The highest BCUT2D eigenvalue weighted by Gasteiger charge is 2.07. The second-order valence-corrected chi connectivity index (χ2v) is 6.04. The van der Waals surface area contributed by atoms with Gasteiger partial charge in [-0.25, -0.2) is 0 Å². The monoisotopic (exact) mass is 306 g/mol. The highest BCUT2D eigenvalue weighted by atomic mass is 16.7. The van der Waals surface area contributed by atoms with Crippen LogP contribution in [0.1, 0.15) is 70.3 Å². The largest absolute Gasteiger partial charge is 0.356 e. The summed E-state index contributed by atoms with van der Waals surface area (Å²) in [6.07, 6.45) is 12.7. The SMILES string of the molecule is CCCCCCCCCC[C@@H](OC)OCCc1ccccc1. The average molecular weight is 306 g/mol. The van der Waals surface area contributed by atoms with Crippen molar-refractivity contribution < 1.29 is 9.47 Å². The van der Waals surface area contributed by atoms with Gasteiger partial charge in [-0.1, -0.05) is 82.2 Å². The molecule has 0 radical (unpaired) electrons. The van der Waals surface area contributed by atoms with Gasteiger partial charge in [0.1, 0.15) is 0 Å². The molecule has 2 nitrogen and oxygen atoms in total. The molecule has 0 fully saturated rings. The third kappa shape index (κ3) is 9.97. The van der Waals surface area contributed by atoms with E-state index in [1.165, 1.54) is 56.9 Å². The Balaban J connectivity index is 1.98. The summed E-state index contributed by atoms with van der Waals surface area (Å²) in [6.45, 7) is 3.00. The summed E-state index contributed by atoms with van der Waals surface area (Å²) in [5, 5.41) is 0. The fourth-order valence-electron chi connectivity index (χ4n) is 2.67. The van der Waals surface area contributed by atoms with Crippen LogP contribution in [0.2, 0.25) is 0 Å². The van der Waals surface area contributed by atoms with Crippen LogP contribution in [-0.4, -0.2) is 20.0 Å². The smallest absolute Gasteiger partial charge is 0.157 e. The zero-order valence-corrected chi connectivity index (χ0v) is 14.6. The minimum Gasteiger partial charge on any atom is -0.356 e. The maximum Gasteiger partial charge on any atom is 0.157 e. The second-order valence-electron chi connectivity index (χ2n) is 6.04. The fraction of sp³-hybridized carbons (Fsp3) is 0.700. The minimum absolute atomic E-state index is 0.0381. The van der Waals surface area contributed by atoms with E-state index in [1.54, 1.807) is 7.11 Å². The highest BCUT2D eigenvalue weighted by Crippen LogP contribution is 2.12. The molecule has 0 N–H and O–H groups in total. The molecule has 0 bridgehead atoms. The van der Waals surface area contributed by atoms with Gasteiger partial charge in [0.05, 0.1) is 6.61 Å². The predicted octanol–water partition coefficient (Wildman–Crippen LogP) is 5.75. The van der Waals surface area contributed by atoms with Crippen molar-refractivity contribution in [3.05, 3.63) is 35.9 Å². The number of benzene rings is 1. The molecule has 1 aromatic rings. The van der Waals surface area contributed by atoms with Gasteiger partial charge >= 0.3 is 0 Å². The molecular formula is C20H34O2. The maximum atomic E-state index is 5.83. The summed E-state index contributed by atoms with van der Waals surface area (Å²) >= 11 is 0. The first-order chi connectivity index (χ1) is 10.9. The van der Waals surface area contributed by atoms with Crippen LogP contribution < -0.4 is 0 Å². The zero-order chi connectivity index (χ0) is 15.9. The maximum absolute atomic E-state index is 5.83. The molecule has 0 unspecified atom stereocenters. The molecule has 0 saturated heterocycles. The van der Waals surface area contributed by atoms with E-state index in [0.29, 0.717) is 0 Å². The fourth-order valence-corrected chi connectivity index (χ4v) is 2.67. The minimum atomic E-state index is -0.0381. The van der Waals surface area contributed by atoms with E-state index in [4.69, 9.17) is 9.47 Å². The van der Waals surface area contributed by atoms with Gasteiger partial charge in [0.25, 0.3) is 0 Å². The van der Waals surface area contributed by atoms with E-state index in [1.807, 2.05) is 6.07 Å². The van der Waals surface area contributed by atoms with Crippen molar-refractivity contribution in [2.24, 2.45) is 0 Å².